The maximum atomic E-state index is 6.21. The minimum absolute atomic E-state index is 0.256. The van der Waals surface area contributed by atoms with Crippen molar-refractivity contribution >= 4 is 11.6 Å². The standard InChI is InChI=1S/C15H21ClN2O2/c1-10-4-3-5-11(2)18(10)17-8-12-6-13(16)15-14(7-12)19-9-20-15/h6-7,10-11,17H,3-5,8-9H2,1-2H3. The molecule has 0 radical (unpaired) electrons. The first-order chi connectivity index (χ1) is 9.65. The van der Waals surface area contributed by atoms with Crippen molar-refractivity contribution in [2.45, 2.75) is 51.7 Å². The Balaban J connectivity index is 1.68. The second kappa shape index (κ2) is 5.80. The fourth-order valence-electron chi connectivity index (χ4n) is 3.04. The molecule has 5 heteroatoms. The van der Waals surface area contributed by atoms with Crippen LogP contribution >= 0.6 is 11.6 Å². The molecule has 3 rings (SSSR count). The molecule has 1 fully saturated rings. The van der Waals surface area contributed by atoms with E-state index in [1.807, 2.05) is 12.1 Å². The van der Waals surface area contributed by atoms with Crippen molar-refractivity contribution in [2.75, 3.05) is 6.79 Å². The lowest BCUT2D eigenvalue weighted by Crippen LogP contribution is -2.51. The zero-order valence-corrected chi connectivity index (χ0v) is 12.7. The largest absolute Gasteiger partial charge is 0.454 e. The minimum Gasteiger partial charge on any atom is -0.454 e. The van der Waals surface area contributed by atoms with Crippen molar-refractivity contribution in [3.63, 3.8) is 0 Å². The average Bonchev–Trinajstić information content (AvgIpc) is 2.87. The molecule has 2 heterocycles. The molecule has 2 aliphatic rings. The van der Waals surface area contributed by atoms with E-state index < -0.39 is 0 Å². The van der Waals surface area contributed by atoms with Crippen LogP contribution in [0.1, 0.15) is 38.7 Å². The molecule has 2 atom stereocenters. The summed E-state index contributed by atoms with van der Waals surface area (Å²) in [7, 11) is 0. The first-order valence-corrected chi connectivity index (χ1v) is 7.63. The SMILES string of the molecule is CC1CCCC(C)N1NCc1cc(Cl)c2c(c1)OCO2. The Morgan fingerprint density at radius 3 is 2.75 bits per heavy atom. The highest BCUT2D eigenvalue weighted by Crippen LogP contribution is 2.39. The lowest BCUT2D eigenvalue weighted by atomic mass is 10.00. The summed E-state index contributed by atoms with van der Waals surface area (Å²) in [6.07, 6.45) is 3.81. The van der Waals surface area contributed by atoms with E-state index in [0.29, 0.717) is 22.9 Å². The van der Waals surface area contributed by atoms with E-state index in [-0.39, 0.29) is 6.79 Å². The summed E-state index contributed by atoms with van der Waals surface area (Å²) in [6, 6.07) is 5.09. The number of hydrogen-bond donors (Lipinski definition) is 1. The Morgan fingerprint density at radius 1 is 1.25 bits per heavy atom. The summed E-state index contributed by atoms with van der Waals surface area (Å²) in [6.45, 7) is 5.56. The van der Waals surface area contributed by atoms with Crippen LogP contribution in [0.2, 0.25) is 5.02 Å². The zero-order valence-electron chi connectivity index (χ0n) is 12.0. The van der Waals surface area contributed by atoms with Gasteiger partial charge < -0.3 is 9.47 Å². The van der Waals surface area contributed by atoms with Crippen molar-refractivity contribution in [2.24, 2.45) is 0 Å². The number of rotatable bonds is 3. The molecular weight excluding hydrogens is 276 g/mol. The monoisotopic (exact) mass is 296 g/mol. The quantitative estimate of drug-likeness (QED) is 0.927. The van der Waals surface area contributed by atoms with Gasteiger partial charge >= 0.3 is 0 Å². The highest BCUT2D eigenvalue weighted by molar-refractivity contribution is 6.32. The predicted octanol–water partition coefficient (Wildman–Crippen LogP) is 3.34. The summed E-state index contributed by atoms with van der Waals surface area (Å²) in [5.74, 6) is 1.41. The molecule has 1 saturated heterocycles. The maximum absolute atomic E-state index is 6.21. The second-order valence-corrected chi connectivity index (χ2v) is 6.09. The van der Waals surface area contributed by atoms with Crippen LogP contribution in [0, 0.1) is 0 Å². The molecule has 0 bridgehead atoms. The van der Waals surface area contributed by atoms with Gasteiger partial charge in [0.05, 0.1) is 5.02 Å². The zero-order chi connectivity index (χ0) is 14.1. The Kier molecular flexibility index (Phi) is 4.06. The smallest absolute Gasteiger partial charge is 0.231 e. The van der Waals surface area contributed by atoms with Crippen LogP contribution < -0.4 is 14.9 Å². The molecule has 4 nitrogen and oxygen atoms in total. The number of ether oxygens (including phenoxy) is 2. The van der Waals surface area contributed by atoms with E-state index in [4.69, 9.17) is 21.1 Å². The van der Waals surface area contributed by atoms with Gasteiger partial charge in [-0.05, 0) is 44.4 Å². The van der Waals surface area contributed by atoms with Crippen molar-refractivity contribution in [3.05, 3.63) is 22.7 Å². The third-order valence-corrected chi connectivity index (χ3v) is 4.43. The summed E-state index contributed by atoms with van der Waals surface area (Å²) in [4.78, 5) is 0. The van der Waals surface area contributed by atoms with Crippen molar-refractivity contribution in [1.82, 2.24) is 10.4 Å². The van der Waals surface area contributed by atoms with E-state index in [2.05, 4.69) is 24.3 Å². The lowest BCUT2D eigenvalue weighted by Gasteiger charge is -2.39. The summed E-state index contributed by atoms with van der Waals surface area (Å²) in [5, 5.41) is 2.98. The van der Waals surface area contributed by atoms with E-state index in [1.165, 1.54) is 19.3 Å². The molecule has 20 heavy (non-hydrogen) atoms. The highest BCUT2D eigenvalue weighted by atomic mass is 35.5. The third-order valence-electron chi connectivity index (χ3n) is 4.15. The van der Waals surface area contributed by atoms with Crippen molar-refractivity contribution in [1.29, 1.82) is 0 Å². The van der Waals surface area contributed by atoms with Crippen LogP contribution in [-0.2, 0) is 6.54 Å². The van der Waals surface area contributed by atoms with Gasteiger partial charge in [0.1, 0.15) is 0 Å². The predicted molar refractivity (Wildman–Crippen MR) is 79.0 cm³/mol. The molecular formula is C15H21ClN2O2. The van der Waals surface area contributed by atoms with Gasteiger partial charge in [0.2, 0.25) is 6.79 Å². The minimum atomic E-state index is 0.256. The lowest BCUT2D eigenvalue weighted by molar-refractivity contribution is 0.0435. The number of piperidine rings is 1. The molecule has 1 N–H and O–H groups in total. The molecule has 0 saturated carbocycles. The van der Waals surface area contributed by atoms with Gasteiger partial charge in [-0.3, -0.25) is 5.43 Å². The van der Waals surface area contributed by atoms with Crippen LogP contribution in [0.25, 0.3) is 0 Å². The molecule has 0 aromatic heterocycles. The Morgan fingerprint density at radius 2 is 2.00 bits per heavy atom. The summed E-state index contributed by atoms with van der Waals surface area (Å²) in [5.41, 5.74) is 4.65. The number of nitrogens with one attached hydrogen (secondary N) is 1. The normalized spacial score (nSPS) is 25.9. The number of nitrogens with zero attached hydrogens (tertiary/aromatic N) is 1. The fourth-order valence-corrected chi connectivity index (χ4v) is 3.33. The maximum Gasteiger partial charge on any atom is 0.231 e. The van der Waals surface area contributed by atoms with Gasteiger partial charge in [-0.15, -0.1) is 0 Å². The van der Waals surface area contributed by atoms with E-state index in [9.17, 15) is 0 Å². The first-order valence-electron chi connectivity index (χ1n) is 7.25. The van der Waals surface area contributed by atoms with Gasteiger partial charge in [-0.1, -0.05) is 18.0 Å². The number of halogens is 1. The Bertz CT molecular complexity index is 485. The van der Waals surface area contributed by atoms with Gasteiger partial charge in [0.25, 0.3) is 0 Å². The molecule has 0 amide bonds. The van der Waals surface area contributed by atoms with Crippen LogP contribution in [-0.4, -0.2) is 23.9 Å². The highest BCUT2D eigenvalue weighted by Gasteiger charge is 2.24. The Labute approximate surface area is 125 Å². The summed E-state index contributed by atoms with van der Waals surface area (Å²) >= 11 is 6.21. The van der Waals surface area contributed by atoms with Crippen LogP contribution in [0.5, 0.6) is 11.5 Å². The molecule has 1 aromatic carbocycles. The number of benzene rings is 1. The van der Waals surface area contributed by atoms with E-state index in [0.717, 1.165) is 17.9 Å². The van der Waals surface area contributed by atoms with Gasteiger partial charge in [0, 0.05) is 18.6 Å². The first kappa shape index (κ1) is 14.0. The molecule has 0 spiro atoms. The van der Waals surface area contributed by atoms with Gasteiger partial charge in [-0.25, -0.2) is 5.01 Å². The molecule has 0 aliphatic carbocycles. The van der Waals surface area contributed by atoms with Crippen molar-refractivity contribution < 1.29 is 9.47 Å². The topological polar surface area (TPSA) is 33.7 Å². The van der Waals surface area contributed by atoms with E-state index in [1.54, 1.807) is 0 Å². The number of fused-ring (bicyclic) bond motifs is 1. The second-order valence-electron chi connectivity index (χ2n) is 5.68. The fraction of sp³-hybridized carbons (Fsp3) is 0.600. The van der Waals surface area contributed by atoms with Crippen LogP contribution in [0.3, 0.4) is 0 Å². The molecule has 2 unspecified atom stereocenters. The van der Waals surface area contributed by atoms with Gasteiger partial charge in [-0.2, -0.15) is 0 Å². The average molecular weight is 297 g/mol. The number of hydrazine groups is 1. The van der Waals surface area contributed by atoms with Gasteiger partial charge in [0.15, 0.2) is 11.5 Å². The molecule has 1 aromatic rings. The molecule has 110 valence electrons. The van der Waals surface area contributed by atoms with E-state index >= 15 is 0 Å². The Hall–Kier alpha value is -0.970. The third kappa shape index (κ3) is 2.73. The number of hydrogen-bond acceptors (Lipinski definition) is 4. The van der Waals surface area contributed by atoms with Crippen molar-refractivity contribution in [3.8, 4) is 11.5 Å². The molecule has 2 aliphatic heterocycles. The van der Waals surface area contributed by atoms with Crippen LogP contribution in [0.15, 0.2) is 12.1 Å². The summed E-state index contributed by atoms with van der Waals surface area (Å²) < 4.78 is 10.7. The van der Waals surface area contributed by atoms with Crippen LogP contribution in [0.4, 0.5) is 0 Å².